The van der Waals surface area contributed by atoms with E-state index in [9.17, 15) is 4.79 Å². The molecule has 0 aromatic heterocycles. The second-order valence-corrected chi connectivity index (χ2v) is 5.45. The molecule has 0 saturated heterocycles. The lowest BCUT2D eigenvalue weighted by Gasteiger charge is -2.10. The van der Waals surface area contributed by atoms with Gasteiger partial charge >= 0.3 is 0 Å². The average molecular weight is 281 g/mol. The average Bonchev–Trinajstić information content (AvgIpc) is 2.92. The molecule has 0 unspecified atom stereocenters. The highest BCUT2D eigenvalue weighted by molar-refractivity contribution is 5.94. The van der Waals surface area contributed by atoms with Gasteiger partial charge in [-0.05, 0) is 47.4 Å². The first-order chi connectivity index (χ1) is 10.1. The first kappa shape index (κ1) is 13.6. The molecule has 0 saturated carbocycles. The van der Waals surface area contributed by atoms with Crippen molar-refractivity contribution in [1.82, 2.24) is 5.32 Å². The molecule has 1 aliphatic heterocycles. The summed E-state index contributed by atoms with van der Waals surface area (Å²) in [5.41, 5.74) is 11.8. The number of hydrogen-bond acceptors (Lipinski definition) is 3. The predicted octanol–water partition coefficient (Wildman–Crippen LogP) is 2.31. The van der Waals surface area contributed by atoms with Crippen molar-refractivity contribution in [3.63, 3.8) is 0 Å². The Hall–Kier alpha value is -2.33. The van der Waals surface area contributed by atoms with E-state index in [1.165, 1.54) is 16.7 Å². The number of hydrogen-bond donors (Lipinski definition) is 3. The molecule has 3 rings (SSSR count). The number of nitrogens with one attached hydrogen (secondary N) is 2. The van der Waals surface area contributed by atoms with Crippen LogP contribution in [0, 0.1) is 6.92 Å². The summed E-state index contributed by atoms with van der Waals surface area (Å²) in [4.78, 5) is 11.2. The molecule has 0 bridgehead atoms. The molecule has 4 nitrogen and oxygen atoms in total. The standard InChI is InChI=1S/C17H19N3O/c1-11-6-15(4-5-16(11)17(18)21)20-8-12-2-3-13-9-19-10-14(13)7-12/h2-7,19-20H,8-10H2,1H3,(H2,18,21). The molecule has 1 aliphatic rings. The number of carbonyl (C=O) groups is 1. The Bertz CT molecular complexity index is 694. The van der Waals surface area contributed by atoms with Gasteiger partial charge in [0.05, 0.1) is 0 Å². The molecule has 0 spiro atoms. The normalized spacial score (nSPS) is 13.0. The molecule has 1 amide bonds. The molecule has 108 valence electrons. The third-order valence-electron chi connectivity index (χ3n) is 3.89. The summed E-state index contributed by atoms with van der Waals surface area (Å²) in [6.07, 6.45) is 0. The van der Waals surface area contributed by atoms with Crippen molar-refractivity contribution in [2.24, 2.45) is 5.73 Å². The van der Waals surface area contributed by atoms with Gasteiger partial charge in [0, 0.05) is 30.9 Å². The summed E-state index contributed by atoms with van der Waals surface area (Å²) in [6, 6.07) is 12.2. The van der Waals surface area contributed by atoms with Crippen molar-refractivity contribution in [3.8, 4) is 0 Å². The Morgan fingerprint density at radius 3 is 2.76 bits per heavy atom. The molecule has 4 heteroatoms. The monoisotopic (exact) mass is 281 g/mol. The van der Waals surface area contributed by atoms with Gasteiger partial charge in [0.15, 0.2) is 0 Å². The van der Waals surface area contributed by atoms with E-state index in [4.69, 9.17) is 5.73 Å². The van der Waals surface area contributed by atoms with Crippen molar-refractivity contribution in [3.05, 3.63) is 64.2 Å². The van der Waals surface area contributed by atoms with Gasteiger partial charge in [-0.1, -0.05) is 18.2 Å². The molecule has 0 fully saturated rings. The fraction of sp³-hybridized carbons (Fsp3) is 0.235. The molecule has 0 atom stereocenters. The molecule has 2 aromatic carbocycles. The lowest BCUT2D eigenvalue weighted by atomic mass is 10.1. The fourth-order valence-corrected chi connectivity index (χ4v) is 2.71. The minimum atomic E-state index is -0.384. The number of fused-ring (bicyclic) bond motifs is 1. The maximum absolute atomic E-state index is 11.2. The zero-order valence-electron chi connectivity index (χ0n) is 12.1. The molecular formula is C17H19N3O. The van der Waals surface area contributed by atoms with Crippen LogP contribution in [-0.4, -0.2) is 5.91 Å². The SMILES string of the molecule is Cc1cc(NCc2ccc3c(c2)CNC3)ccc1C(N)=O. The Kier molecular flexibility index (Phi) is 3.62. The number of aryl methyl sites for hydroxylation is 1. The number of benzene rings is 2. The first-order valence-corrected chi connectivity index (χ1v) is 7.09. The van der Waals surface area contributed by atoms with Crippen LogP contribution in [0.25, 0.3) is 0 Å². The molecule has 1 heterocycles. The van der Waals surface area contributed by atoms with E-state index >= 15 is 0 Å². The van der Waals surface area contributed by atoms with Crippen LogP contribution < -0.4 is 16.4 Å². The fourth-order valence-electron chi connectivity index (χ4n) is 2.71. The zero-order valence-corrected chi connectivity index (χ0v) is 12.1. The summed E-state index contributed by atoms with van der Waals surface area (Å²) in [5.74, 6) is -0.384. The summed E-state index contributed by atoms with van der Waals surface area (Å²) >= 11 is 0. The number of carbonyl (C=O) groups excluding carboxylic acids is 1. The van der Waals surface area contributed by atoms with E-state index in [1.807, 2.05) is 19.1 Å². The lowest BCUT2D eigenvalue weighted by Crippen LogP contribution is -2.12. The van der Waals surface area contributed by atoms with Crippen LogP contribution in [0.15, 0.2) is 36.4 Å². The minimum Gasteiger partial charge on any atom is -0.381 e. The van der Waals surface area contributed by atoms with Crippen molar-refractivity contribution in [1.29, 1.82) is 0 Å². The maximum Gasteiger partial charge on any atom is 0.248 e. The third kappa shape index (κ3) is 2.90. The molecule has 21 heavy (non-hydrogen) atoms. The number of anilines is 1. The molecule has 2 aromatic rings. The number of rotatable bonds is 4. The summed E-state index contributed by atoms with van der Waals surface area (Å²) < 4.78 is 0. The smallest absolute Gasteiger partial charge is 0.248 e. The quantitative estimate of drug-likeness (QED) is 0.805. The van der Waals surface area contributed by atoms with Crippen LogP contribution in [0.4, 0.5) is 5.69 Å². The summed E-state index contributed by atoms with van der Waals surface area (Å²) in [6.45, 7) is 4.58. The van der Waals surface area contributed by atoms with Gasteiger partial charge in [0.2, 0.25) is 5.91 Å². The van der Waals surface area contributed by atoms with Gasteiger partial charge in [0.1, 0.15) is 0 Å². The molecule has 0 radical (unpaired) electrons. The highest BCUT2D eigenvalue weighted by atomic mass is 16.1. The van der Waals surface area contributed by atoms with Crippen LogP contribution in [0.5, 0.6) is 0 Å². The van der Waals surface area contributed by atoms with E-state index in [2.05, 4.69) is 28.8 Å². The van der Waals surface area contributed by atoms with Gasteiger partial charge in [-0.25, -0.2) is 0 Å². The van der Waals surface area contributed by atoms with Crippen molar-refractivity contribution >= 4 is 11.6 Å². The van der Waals surface area contributed by atoms with E-state index in [0.717, 1.165) is 30.9 Å². The first-order valence-electron chi connectivity index (χ1n) is 7.09. The van der Waals surface area contributed by atoms with Gasteiger partial charge < -0.3 is 16.4 Å². The van der Waals surface area contributed by atoms with Crippen LogP contribution in [0.1, 0.15) is 32.6 Å². The lowest BCUT2D eigenvalue weighted by molar-refractivity contribution is 0.1000. The van der Waals surface area contributed by atoms with Gasteiger partial charge in [-0.3, -0.25) is 4.79 Å². The number of nitrogens with two attached hydrogens (primary N) is 1. The summed E-state index contributed by atoms with van der Waals surface area (Å²) in [5, 5.41) is 6.74. The van der Waals surface area contributed by atoms with Crippen LogP contribution >= 0.6 is 0 Å². The molecule has 4 N–H and O–H groups in total. The van der Waals surface area contributed by atoms with Crippen LogP contribution in [-0.2, 0) is 19.6 Å². The van der Waals surface area contributed by atoms with Gasteiger partial charge in [-0.2, -0.15) is 0 Å². The largest absolute Gasteiger partial charge is 0.381 e. The van der Waals surface area contributed by atoms with Crippen LogP contribution in [0.3, 0.4) is 0 Å². The maximum atomic E-state index is 11.2. The second-order valence-electron chi connectivity index (χ2n) is 5.45. The minimum absolute atomic E-state index is 0.384. The third-order valence-corrected chi connectivity index (χ3v) is 3.89. The Balaban J connectivity index is 1.70. The Labute approximate surface area is 124 Å². The predicted molar refractivity (Wildman–Crippen MR) is 84.0 cm³/mol. The number of primary amides is 1. The Morgan fingerprint density at radius 1 is 1.19 bits per heavy atom. The van der Waals surface area contributed by atoms with E-state index in [0.29, 0.717) is 5.56 Å². The molecular weight excluding hydrogens is 262 g/mol. The summed E-state index contributed by atoms with van der Waals surface area (Å²) in [7, 11) is 0. The van der Waals surface area contributed by atoms with Crippen molar-refractivity contribution in [2.45, 2.75) is 26.6 Å². The van der Waals surface area contributed by atoms with E-state index in [-0.39, 0.29) is 5.91 Å². The van der Waals surface area contributed by atoms with Crippen molar-refractivity contribution < 1.29 is 4.79 Å². The van der Waals surface area contributed by atoms with E-state index < -0.39 is 0 Å². The van der Waals surface area contributed by atoms with Gasteiger partial charge in [0.25, 0.3) is 0 Å². The number of amides is 1. The van der Waals surface area contributed by atoms with Crippen molar-refractivity contribution in [2.75, 3.05) is 5.32 Å². The molecule has 0 aliphatic carbocycles. The van der Waals surface area contributed by atoms with Crippen LogP contribution in [0.2, 0.25) is 0 Å². The highest BCUT2D eigenvalue weighted by Gasteiger charge is 2.10. The zero-order chi connectivity index (χ0) is 14.8. The topological polar surface area (TPSA) is 67.2 Å². The van der Waals surface area contributed by atoms with Gasteiger partial charge in [-0.15, -0.1) is 0 Å². The second kappa shape index (κ2) is 5.58. The van der Waals surface area contributed by atoms with E-state index in [1.54, 1.807) is 6.07 Å². The Morgan fingerprint density at radius 2 is 2.00 bits per heavy atom. The highest BCUT2D eigenvalue weighted by Crippen LogP contribution is 2.19.